The first-order chi connectivity index (χ1) is 7.25. The fraction of sp³-hybridized carbons (Fsp3) is 0.200. The van der Waals surface area contributed by atoms with Gasteiger partial charge in [0.2, 0.25) is 0 Å². The molecule has 3 rings (SSSR count). The molecule has 0 atom stereocenters. The molecule has 0 bridgehead atoms. The molecular formula is C10H9N3S2. The van der Waals surface area contributed by atoms with Crippen molar-refractivity contribution in [3.05, 3.63) is 27.7 Å². The van der Waals surface area contributed by atoms with E-state index >= 15 is 0 Å². The number of hydrogen-bond donors (Lipinski definition) is 0. The van der Waals surface area contributed by atoms with Crippen LogP contribution in [0.1, 0.15) is 10.6 Å². The molecule has 0 amide bonds. The van der Waals surface area contributed by atoms with Crippen molar-refractivity contribution < 1.29 is 0 Å². The molecule has 3 nitrogen and oxygen atoms in total. The smallest absolute Gasteiger partial charge is 0.194 e. The Morgan fingerprint density at radius 3 is 2.80 bits per heavy atom. The van der Waals surface area contributed by atoms with Crippen LogP contribution in [0.15, 0.2) is 17.1 Å². The molecule has 5 heteroatoms. The van der Waals surface area contributed by atoms with Crippen LogP contribution < -0.4 is 0 Å². The van der Waals surface area contributed by atoms with E-state index in [1.54, 1.807) is 22.7 Å². The molecule has 0 saturated carbocycles. The number of imidazole rings is 1. The Morgan fingerprint density at radius 2 is 2.13 bits per heavy atom. The van der Waals surface area contributed by atoms with E-state index in [1.165, 1.54) is 10.6 Å². The maximum absolute atomic E-state index is 4.56. The minimum Gasteiger partial charge on any atom is -0.294 e. The molecule has 0 aromatic carbocycles. The fourth-order valence-electron chi connectivity index (χ4n) is 1.52. The summed E-state index contributed by atoms with van der Waals surface area (Å²) in [6.07, 6.45) is 2.06. The Kier molecular flexibility index (Phi) is 1.90. The summed E-state index contributed by atoms with van der Waals surface area (Å²) >= 11 is 3.32. The predicted molar refractivity (Wildman–Crippen MR) is 63.7 cm³/mol. The van der Waals surface area contributed by atoms with E-state index in [0.717, 1.165) is 16.3 Å². The van der Waals surface area contributed by atoms with Gasteiger partial charge in [-0.2, -0.15) is 0 Å². The number of rotatable bonds is 1. The number of aryl methyl sites for hydroxylation is 2. The van der Waals surface area contributed by atoms with Crippen molar-refractivity contribution in [2.45, 2.75) is 13.8 Å². The summed E-state index contributed by atoms with van der Waals surface area (Å²) in [6.45, 7) is 4.24. The summed E-state index contributed by atoms with van der Waals surface area (Å²) in [4.78, 5) is 11.2. The molecule has 0 radical (unpaired) electrons. The van der Waals surface area contributed by atoms with Crippen molar-refractivity contribution in [2.75, 3.05) is 0 Å². The summed E-state index contributed by atoms with van der Waals surface area (Å²) in [5, 5.41) is 2.02. The van der Waals surface area contributed by atoms with Crippen LogP contribution in [0, 0.1) is 13.8 Å². The van der Waals surface area contributed by atoms with Crippen molar-refractivity contribution in [1.29, 1.82) is 0 Å². The average Bonchev–Trinajstić information content (AvgIpc) is 2.86. The van der Waals surface area contributed by atoms with Gasteiger partial charge in [0.1, 0.15) is 11.4 Å². The number of aromatic nitrogens is 3. The molecule has 0 N–H and O–H groups in total. The van der Waals surface area contributed by atoms with E-state index < -0.39 is 0 Å². The van der Waals surface area contributed by atoms with Crippen molar-refractivity contribution in [3.8, 4) is 11.4 Å². The molecule has 0 aliphatic carbocycles. The van der Waals surface area contributed by atoms with Gasteiger partial charge < -0.3 is 0 Å². The van der Waals surface area contributed by atoms with Gasteiger partial charge >= 0.3 is 0 Å². The molecule has 3 aromatic heterocycles. The van der Waals surface area contributed by atoms with Gasteiger partial charge in [0.05, 0.1) is 5.51 Å². The zero-order valence-corrected chi connectivity index (χ0v) is 10.0. The molecule has 0 aliphatic rings. The zero-order chi connectivity index (χ0) is 10.4. The van der Waals surface area contributed by atoms with E-state index in [0.29, 0.717) is 0 Å². The summed E-state index contributed by atoms with van der Waals surface area (Å²) in [5.74, 6) is 0. The Hall–Kier alpha value is -1.20. The quantitative estimate of drug-likeness (QED) is 0.648. The van der Waals surface area contributed by atoms with Crippen LogP contribution in [0.3, 0.4) is 0 Å². The summed E-state index contributed by atoms with van der Waals surface area (Å²) in [5.41, 5.74) is 5.03. The minimum absolute atomic E-state index is 0.964. The highest BCUT2D eigenvalue weighted by Crippen LogP contribution is 2.25. The van der Waals surface area contributed by atoms with Crippen LogP contribution in [0.2, 0.25) is 0 Å². The normalized spacial score (nSPS) is 11.3. The van der Waals surface area contributed by atoms with E-state index in [1.807, 2.05) is 10.9 Å². The molecule has 0 fully saturated rings. The predicted octanol–water partition coefficient (Wildman–Crippen LogP) is 3.14. The van der Waals surface area contributed by atoms with Gasteiger partial charge in [-0.1, -0.05) is 0 Å². The zero-order valence-electron chi connectivity index (χ0n) is 8.39. The molecule has 3 heterocycles. The average molecular weight is 235 g/mol. The highest BCUT2D eigenvalue weighted by molar-refractivity contribution is 7.17. The molecule has 0 aliphatic heterocycles. The molecule has 0 spiro atoms. The highest BCUT2D eigenvalue weighted by atomic mass is 32.1. The third kappa shape index (κ3) is 1.31. The van der Waals surface area contributed by atoms with Crippen LogP contribution in [0.4, 0.5) is 0 Å². The largest absolute Gasteiger partial charge is 0.294 e. The van der Waals surface area contributed by atoms with E-state index in [-0.39, 0.29) is 0 Å². The van der Waals surface area contributed by atoms with Crippen LogP contribution >= 0.6 is 22.7 Å². The first-order valence-corrected chi connectivity index (χ1v) is 6.35. The Labute approximate surface area is 95.1 Å². The standard InChI is InChI=1S/C10H9N3S2/c1-6-7(2)15-10-12-8(3-13(6)10)9-4-14-5-11-9/h3-5H,1-2H3. The van der Waals surface area contributed by atoms with Crippen molar-refractivity contribution >= 4 is 27.6 Å². The van der Waals surface area contributed by atoms with Gasteiger partial charge in [-0.05, 0) is 13.8 Å². The molecular weight excluding hydrogens is 226 g/mol. The Bertz CT molecular complexity index is 604. The van der Waals surface area contributed by atoms with Crippen LogP contribution in [0.5, 0.6) is 0 Å². The number of nitrogens with zero attached hydrogens (tertiary/aromatic N) is 3. The SMILES string of the molecule is Cc1sc2nc(-c3cscn3)cn2c1C. The van der Waals surface area contributed by atoms with Crippen molar-refractivity contribution in [3.63, 3.8) is 0 Å². The molecule has 76 valence electrons. The lowest BCUT2D eigenvalue weighted by Crippen LogP contribution is -1.81. The molecule has 0 saturated heterocycles. The number of thiazole rings is 2. The summed E-state index contributed by atoms with van der Waals surface area (Å²) < 4.78 is 2.13. The number of fused-ring (bicyclic) bond motifs is 1. The third-order valence-corrected chi connectivity index (χ3v) is 4.14. The first kappa shape index (κ1) is 9.06. The lowest BCUT2D eigenvalue weighted by Gasteiger charge is -1.89. The van der Waals surface area contributed by atoms with E-state index in [2.05, 4.69) is 34.4 Å². The van der Waals surface area contributed by atoms with Crippen molar-refractivity contribution in [1.82, 2.24) is 14.4 Å². The van der Waals surface area contributed by atoms with Crippen LogP contribution in [-0.2, 0) is 0 Å². The van der Waals surface area contributed by atoms with Gasteiger partial charge in [0.25, 0.3) is 0 Å². The number of hydrogen-bond acceptors (Lipinski definition) is 4. The molecule has 0 unspecified atom stereocenters. The second-order valence-corrected chi connectivity index (χ2v) is 5.30. The first-order valence-electron chi connectivity index (χ1n) is 4.59. The van der Waals surface area contributed by atoms with Crippen molar-refractivity contribution in [2.24, 2.45) is 0 Å². The van der Waals surface area contributed by atoms with Gasteiger partial charge in [-0.25, -0.2) is 9.97 Å². The lowest BCUT2D eigenvalue weighted by atomic mass is 10.4. The lowest BCUT2D eigenvalue weighted by molar-refractivity contribution is 1.11. The maximum Gasteiger partial charge on any atom is 0.194 e. The van der Waals surface area contributed by atoms with Gasteiger partial charge in [-0.15, -0.1) is 22.7 Å². The van der Waals surface area contributed by atoms with Crippen LogP contribution in [-0.4, -0.2) is 14.4 Å². The topological polar surface area (TPSA) is 30.2 Å². The third-order valence-electron chi connectivity index (χ3n) is 2.48. The van der Waals surface area contributed by atoms with Gasteiger partial charge in [0, 0.05) is 22.1 Å². The van der Waals surface area contributed by atoms with Gasteiger partial charge in [-0.3, -0.25) is 4.40 Å². The summed E-state index contributed by atoms with van der Waals surface area (Å²) in [6, 6.07) is 0. The second-order valence-electron chi connectivity index (χ2n) is 3.40. The van der Waals surface area contributed by atoms with E-state index in [4.69, 9.17) is 0 Å². The Morgan fingerprint density at radius 1 is 1.27 bits per heavy atom. The Balaban J connectivity index is 2.24. The van der Waals surface area contributed by atoms with Crippen LogP contribution in [0.25, 0.3) is 16.3 Å². The highest BCUT2D eigenvalue weighted by Gasteiger charge is 2.10. The minimum atomic E-state index is 0.964. The fourth-order valence-corrected chi connectivity index (χ4v) is 3.02. The summed E-state index contributed by atoms with van der Waals surface area (Å²) in [7, 11) is 0. The molecule has 15 heavy (non-hydrogen) atoms. The molecule has 3 aromatic rings. The monoisotopic (exact) mass is 235 g/mol. The second kappa shape index (κ2) is 3.15. The van der Waals surface area contributed by atoms with Gasteiger partial charge in [0.15, 0.2) is 4.96 Å². The maximum atomic E-state index is 4.56. The van der Waals surface area contributed by atoms with E-state index in [9.17, 15) is 0 Å².